The van der Waals surface area contributed by atoms with Crippen molar-refractivity contribution in [3.05, 3.63) is 52.2 Å². The van der Waals surface area contributed by atoms with Crippen LogP contribution in [0.5, 0.6) is 0 Å². The van der Waals surface area contributed by atoms with Gasteiger partial charge in [0, 0.05) is 10.5 Å². The van der Waals surface area contributed by atoms with Crippen LogP contribution in [0.1, 0.15) is 28.6 Å². The van der Waals surface area contributed by atoms with Gasteiger partial charge in [-0.3, -0.25) is 4.79 Å². The fraction of sp³-hybridized carbons (Fsp3) is 0.214. The number of rotatable bonds is 5. The quantitative estimate of drug-likeness (QED) is 0.583. The van der Waals surface area contributed by atoms with Crippen LogP contribution in [-0.4, -0.2) is 11.5 Å². The molecule has 2 rings (SSSR count). The van der Waals surface area contributed by atoms with Gasteiger partial charge in [0.25, 0.3) is 0 Å². The summed E-state index contributed by atoms with van der Waals surface area (Å²) in [6.07, 6.45) is 1.12. The Kier molecular flexibility index (Phi) is 4.40. The minimum Gasteiger partial charge on any atom is -0.288 e. The molecule has 0 radical (unpaired) electrons. The van der Waals surface area contributed by atoms with Gasteiger partial charge in [0.1, 0.15) is 0 Å². The summed E-state index contributed by atoms with van der Waals surface area (Å²) in [6.45, 7) is 2.15. The van der Waals surface area contributed by atoms with Crippen molar-refractivity contribution in [3.8, 4) is 0 Å². The number of carbonyl (C=O) groups is 1. The Labute approximate surface area is 110 Å². The summed E-state index contributed by atoms with van der Waals surface area (Å²) in [7, 11) is 0. The molecule has 0 amide bonds. The molecule has 0 saturated heterocycles. The largest absolute Gasteiger partial charge is 0.288 e. The second-order valence-electron chi connectivity index (χ2n) is 3.65. The van der Waals surface area contributed by atoms with Crippen LogP contribution in [0.2, 0.25) is 0 Å². The van der Waals surface area contributed by atoms with Crippen LogP contribution in [0.3, 0.4) is 0 Å². The molecule has 1 nitrogen and oxygen atoms in total. The van der Waals surface area contributed by atoms with E-state index in [1.54, 1.807) is 11.8 Å². The lowest BCUT2D eigenvalue weighted by molar-refractivity contribution is 0.104. The highest BCUT2D eigenvalue weighted by Gasteiger charge is 2.13. The molecule has 0 N–H and O–H groups in total. The molecule has 1 aromatic carbocycles. The van der Waals surface area contributed by atoms with Gasteiger partial charge in [-0.25, -0.2) is 0 Å². The average Bonchev–Trinajstić information content (AvgIpc) is 2.89. The first-order valence-electron chi connectivity index (χ1n) is 5.63. The summed E-state index contributed by atoms with van der Waals surface area (Å²) in [5.41, 5.74) is 0.827. The molecule has 0 bridgehead atoms. The zero-order valence-corrected chi connectivity index (χ0v) is 11.3. The van der Waals surface area contributed by atoms with Crippen molar-refractivity contribution in [1.29, 1.82) is 0 Å². The normalized spacial score (nSPS) is 10.4. The van der Waals surface area contributed by atoms with Crippen LogP contribution in [-0.2, 0) is 0 Å². The lowest BCUT2D eigenvalue weighted by Gasteiger charge is -2.06. The highest BCUT2D eigenvalue weighted by molar-refractivity contribution is 7.99. The topological polar surface area (TPSA) is 17.1 Å². The average molecular weight is 262 g/mol. The third-order valence-corrected chi connectivity index (χ3v) is 4.49. The molecule has 2 aromatic rings. The van der Waals surface area contributed by atoms with Crippen molar-refractivity contribution in [2.24, 2.45) is 0 Å². The molecule has 0 saturated carbocycles. The smallest absolute Gasteiger partial charge is 0.204 e. The molecular weight excluding hydrogens is 248 g/mol. The number of benzene rings is 1. The zero-order valence-electron chi connectivity index (χ0n) is 9.68. The van der Waals surface area contributed by atoms with Gasteiger partial charge < -0.3 is 0 Å². The molecule has 0 spiro atoms. The maximum absolute atomic E-state index is 12.3. The fourth-order valence-corrected chi connectivity index (χ4v) is 3.13. The second-order valence-corrected chi connectivity index (χ2v) is 5.74. The molecule has 1 aromatic heterocycles. The number of carbonyl (C=O) groups excluding carboxylic acids is 1. The van der Waals surface area contributed by atoms with E-state index in [1.807, 2.05) is 41.8 Å². The van der Waals surface area contributed by atoms with E-state index in [0.29, 0.717) is 0 Å². The highest BCUT2D eigenvalue weighted by Crippen LogP contribution is 2.26. The molecule has 0 aliphatic carbocycles. The summed E-state index contributed by atoms with van der Waals surface area (Å²) < 4.78 is 0. The van der Waals surface area contributed by atoms with Crippen LogP contribution < -0.4 is 0 Å². The number of hydrogen-bond acceptors (Lipinski definition) is 3. The van der Waals surface area contributed by atoms with E-state index in [-0.39, 0.29) is 5.78 Å². The first-order chi connectivity index (χ1) is 8.33. The number of hydrogen-bond donors (Lipinski definition) is 0. The maximum atomic E-state index is 12.3. The Bertz CT molecular complexity index is 489. The molecule has 0 aliphatic rings. The summed E-state index contributed by atoms with van der Waals surface area (Å²) in [6, 6.07) is 11.7. The Hall–Kier alpha value is -1.06. The lowest BCUT2D eigenvalue weighted by atomic mass is 10.1. The van der Waals surface area contributed by atoms with E-state index < -0.39 is 0 Å². The van der Waals surface area contributed by atoms with Gasteiger partial charge in [0.2, 0.25) is 5.78 Å². The molecule has 88 valence electrons. The SMILES string of the molecule is CCCSc1ccccc1C(=O)c1cccs1. The zero-order chi connectivity index (χ0) is 12.1. The molecule has 3 heteroatoms. The van der Waals surface area contributed by atoms with Crippen molar-refractivity contribution in [1.82, 2.24) is 0 Å². The highest BCUT2D eigenvalue weighted by atomic mass is 32.2. The second kappa shape index (κ2) is 6.03. The van der Waals surface area contributed by atoms with E-state index in [4.69, 9.17) is 0 Å². The van der Waals surface area contributed by atoms with Crippen molar-refractivity contribution in [2.45, 2.75) is 18.2 Å². The van der Waals surface area contributed by atoms with Gasteiger partial charge in [0.05, 0.1) is 4.88 Å². The van der Waals surface area contributed by atoms with E-state index in [1.165, 1.54) is 11.3 Å². The Morgan fingerprint density at radius 1 is 1.24 bits per heavy atom. The Morgan fingerprint density at radius 3 is 2.76 bits per heavy atom. The van der Waals surface area contributed by atoms with Crippen LogP contribution in [0.15, 0.2) is 46.7 Å². The van der Waals surface area contributed by atoms with Crippen molar-refractivity contribution >= 4 is 28.9 Å². The standard InChI is InChI=1S/C14H14OS2/c1-2-9-16-12-7-4-3-6-11(12)14(15)13-8-5-10-17-13/h3-8,10H,2,9H2,1H3. The minimum absolute atomic E-state index is 0.138. The Morgan fingerprint density at radius 2 is 2.06 bits per heavy atom. The third-order valence-electron chi connectivity index (χ3n) is 2.34. The number of thioether (sulfide) groups is 1. The molecule has 0 fully saturated rings. The van der Waals surface area contributed by atoms with E-state index in [0.717, 1.165) is 27.5 Å². The van der Waals surface area contributed by atoms with Crippen molar-refractivity contribution < 1.29 is 4.79 Å². The summed E-state index contributed by atoms with van der Waals surface area (Å²) in [4.78, 5) is 14.2. The summed E-state index contributed by atoms with van der Waals surface area (Å²) in [5.74, 6) is 1.19. The van der Waals surface area contributed by atoms with Crippen molar-refractivity contribution in [2.75, 3.05) is 5.75 Å². The summed E-state index contributed by atoms with van der Waals surface area (Å²) in [5, 5.41) is 1.94. The maximum Gasteiger partial charge on any atom is 0.204 e. The molecule has 0 unspecified atom stereocenters. The molecule has 0 atom stereocenters. The van der Waals surface area contributed by atoms with E-state index in [9.17, 15) is 4.79 Å². The molecule has 1 heterocycles. The van der Waals surface area contributed by atoms with Crippen LogP contribution in [0.4, 0.5) is 0 Å². The number of ketones is 1. The van der Waals surface area contributed by atoms with Crippen LogP contribution in [0.25, 0.3) is 0 Å². The van der Waals surface area contributed by atoms with Gasteiger partial charge >= 0.3 is 0 Å². The van der Waals surface area contributed by atoms with Gasteiger partial charge in [-0.05, 0) is 35.8 Å². The van der Waals surface area contributed by atoms with Gasteiger partial charge in [-0.15, -0.1) is 23.1 Å². The van der Waals surface area contributed by atoms with Crippen LogP contribution >= 0.6 is 23.1 Å². The first kappa shape index (κ1) is 12.4. The van der Waals surface area contributed by atoms with Crippen LogP contribution in [0, 0.1) is 0 Å². The third kappa shape index (κ3) is 2.99. The van der Waals surface area contributed by atoms with E-state index >= 15 is 0 Å². The van der Waals surface area contributed by atoms with Gasteiger partial charge in [-0.2, -0.15) is 0 Å². The van der Waals surface area contributed by atoms with Gasteiger partial charge in [0.15, 0.2) is 0 Å². The predicted molar refractivity (Wildman–Crippen MR) is 75.2 cm³/mol. The fourth-order valence-electron chi connectivity index (χ4n) is 1.53. The minimum atomic E-state index is 0.138. The van der Waals surface area contributed by atoms with E-state index in [2.05, 4.69) is 6.92 Å². The predicted octanol–water partition coefficient (Wildman–Crippen LogP) is 4.48. The van der Waals surface area contributed by atoms with Gasteiger partial charge in [-0.1, -0.05) is 25.1 Å². The lowest BCUT2D eigenvalue weighted by Crippen LogP contribution is -2.00. The monoisotopic (exact) mass is 262 g/mol. The first-order valence-corrected chi connectivity index (χ1v) is 7.49. The molecule has 0 aliphatic heterocycles. The van der Waals surface area contributed by atoms with Crippen molar-refractivity contribution in [3.63, 3.8) is 0 Å². The summed E-state index contributed by atoms with van der Waals surface area (Å²) >= 11 is 3.26. The molecular formula is C14H14OS2. The molecule has 17 heavy (non-hydrogen) atoms. The Balaban J connectivity index is 2.28. The number of thiophene rings is 1.